The largest absolute Gasteiger partial charge is 0.353 e. The second kappa shape index (κ2) is 9.85. The molecule has 0 atom stereocenters. The zero-order chi connectivity index (χ0) is 24.2. The van der Waals surface area contributed by atoms with E-state index in [1.807, 2.05) is 18.2 Å². The molecule has 0 unspecified atom stereocenters. The highest BCUT2D eigenvalue weighted by Gasteiger charge is 2.18. The van der Waals surface area contributed by atoms with Gasteiger partial charge in [-0.3, -0.25) is 9.59 Å². The van der Waals surface area contributed by atoms with Gasteiger partial charge in [0.05, 0.1) is 10.7 Å². The molecule has 34 heavy (non-hydrogen) atoms. The lowest BCUT2D eigenvalue weighted by Gasteiger charge is -2.12. The van der Waals surface area contributed by atoms with Gasteiger partial charge >= 0.3 is 0 Å². The molecule has 0 saturated carbocycles. The first kappa shape index (κ1) is 23.1. The van der Waals surface area contributed by atoms with E-state index in [-0.39, 0.29) is 28.0 Å². The zero-order valence-electron chi connectivity index (χ0n) is 18.0. The van der Waals surface area contributed by atoms with Crippen LogP contribution in [0.1, 0.15) is 31.8 Å². The summed E-state index contributed by atoms with van der Waals surface area (Å²) < 4.78 is 27.1. The Balaban J connectivity index is 1.57. The van der Waals surface area contributed by atoms with E-state index < -0.39 is 11.6 Å². The first-order valence-corrected chi connectivity index (χ1v) is 10.7. The van der Waals surface area contributed by atoms with Crippen LogP contribution in [-0.2, 0) is 0 Å². The maximum Gasteiger partial charge on any atom is 0.255 e. The van der Waals surface area contributed by atoms with Gasteiger partial charge in [0.2, 0.25) is 0 Å². The van der Waals surface area contributed by atoms with Crippen molar-refractivity contribution < 1.29 is 18.4 Å². The smallest absolute Gasteiger partial charge is 0.255 e. The lowest BCUT2D eigenvalue weighted by molar-refractivity contribution is 0.102. The predicted molar refractivity (Wildman–Crippen MR) is 130 cm³/mol. The van der Waals surface area contributed by atoms with Crippen LogP contribution in [0.15, 0.2) is 84.9 Å². The molecular formula is C27H19ClF2N2O2. The maximum atomic E-state index is 13.9. The Morgan fingerprint density at radius 3 is 2.26 bits per heavy atom. The summed E-state index contributed by atoms with van der Waals surface area (Å²) in [7, 11) is 0. The Kier molecular flexibility index (Phi) is 6.70. The second-order valence-electron chi connectivity index (χ2n) is 7.62. The van der Waals surface area contributed by atoms with Crippen LogP contribution < -0.4 is 10.6 Å². The number of hydrogen-bond donors (Lipinski definition) is 2. The molecule has 0 aromatic heterocycles. The van der Waals surface area contributed by atoms with Crippen LogP contribution in [-0.4, -0.2) is 11.7 Å². The van der Waals surface area contributed by atoms with Crippen molar-refractivity contribution in [2.24, 2.45) is 0 Å². The number of rotatable bonds is 6. The third-order valence-corrected chi connectivity index (χ3v) is 5.51. The fourth-order valence-corrected chi connectivity index (χ4v) is 3.67. The number of nitrogens with one attached hydrogen (secondary N) is 2. The van der Waals surface area contributed by atoms with Gasteiger partial charge in [0, 0.05) is 34.1 Å². The second-order valence-corrected chi connectivity index (χ2v) is 8.03. The average molecular weight is 477 g/mol. The minimum Gasteiger partial charge on any atom is -0.353 e. The maximum absolute atomic E-state index is 13.9. The number of carbonyl (C=O) groups is 2. The van der Waals surface area contributed by atoms with Crippen molar-refractivity contribution in [2.75, 3.05) is 10.6 Å². The number of para-hydroxylation sites is 1. The summed E-state index contributed by atoms with van der Waals surface area (Å²) in [6.07, 6.45) is 0. The molecule has 170 valence electrons. The first-order chi connectivity index (χ1) is 16.3. The number of aryl methyl sites for hydroxylation is 1. The van der Waals surface area contributed by atoms with Crippen LogP contribution in [0.5, 0.6) is 0 Å². The SMILES string of the molecule is Cc1ccc(C(=O)Nc2ccccc2)cc1C(=O)c1ccc(Nc2ccc(F)cc2F)cc1Cl. The van der Waals surface area contributed by atoms with Crippen LogP contribution in [0.25, 0.3) is 0 Å². The van der Waals surface area contributed by atoms with E-state index in [4.69, 9.17) is 11.6 Å². The van der Waals surface area contributed by atoms with E-state index in [9.17, 15) is 18.4 Å². The molecule has 1 amide bonds. The molecule has 0 spiro atoms. The van der Waals surface area contributed by atoms with Crippen LogP contribution in [0.2, 0.25) is 5.02 Å². The van der Waals surface area contributed by atoms with Gasteiger partial charge in [-0.15, -0.1) is 0 Å². The summed E-state index contributed by atoms with van der Waals surface area (Å²) in [5.74, 6) is -2.13. The number of ketones is 1. The van der Waals surface area contributed by atoms with Crippen molar-refractivity contribution in [2.45, 2.75) is 6.92 Å². The molecule has 2 N–H and O–H groups in total. The number of amides is 1. The fraction of sp³-hybridized carbons (Fsp3) is 0.0370. The molecule has 0 saturated heterocycles. The Bertz CT molecular complexity index is 1390. The molecule has 0 aliphatic rings. The van der Waals surface area contributed by atoms with Crippen LogP contribution in [0, 0.1) is 18.6 Å². The van der Waals surface area contributed by atoms with Gasteiger partial charge in [-0.1, -0.05) is 35.9 Å². The Labute approximate surface area is 200 Å². The highest BCUT2D eigenvalue weighted by atomic mass is 35.5. The number of hydrogen-bond acceptors (Lipinski definition) is 3. The Morgan fingerprint density at radius 2 is 1.56 bits per heavy atom. The highest BCUT2D eigenvalue weighted by Crippen LogP contribution is 2.28. The van der Waals surface area contributed by atoms with Gasteiger partial charge in [-0.25, -0.2) is 8.78 Å². The van der Waals surface area contributed by atoms with Gasteiger partial charge in [0.15, 0.2) is 5.78 Å². The van der Waals surface area contributed by atoms with Gasteiger partial charge in [-0.2, -0.15) is 0 Å². The summed E-state index contributed by atoms with van der Waals surface area (Å²) in [5.41, 5.74) is 2.74. The quantitative estimate of drug-likeness (QED) is 0.290. The van der Waals surface area contributed by atoms with Crippen molar-refractivity contribution in [3.63, 3.8) is 0 Å². The van der Waals surface area contributed by atoms with Crippen molar-refractivity contribution in [1.82, 2.24) is 0 Å². The molecule has 0 fully saturated rings. The number of benzene rings is 4. The number of anilines is 3. The van der Waals surface area contributed by atoms with Crippen molar-refractivity contribution in [3.8, 4) is 0 Å². The third kappa shape index (κ3) is 5.13. The summed E-state index contributed by atoms with van der Waals surface area (Å²) >= 11 is 6.37. The summed E-state index contributed by atoms with van der Waals surface area (Å²) in [6.45, 7) is 1.77. The lowest BCUT2D eigenvalue weighted by atomic mass is 9.96. The molecule has 0 bridgehead atoms. The average Bonchev–Trinajstić information content (AvgIpc) is 2.81. The molecule has 7 heteroatoms. The van der Waals surface area contributed by atoms with Crippen LogP contribution in [0.4, 0.5) is 25.8 Å². The van der Waals surface area contributed by atoms with E-state index in [2.05, 4.69) is 10.6 Å². The molecule has 4 nitrogen and oxygen atoms in total. The van der Waals surface area contributed by atoms with Crippen LogP contribution in [0.3, 0.4) is 0 Å². The minimum atomic E-state index is -0.752. The molecule has 4 aromatic carbocycles. The van der Waals surface area contributed by atoms with E-state index >= 15 is 0 Å². The molecule has 0 aliphatic heterocycles. The summed E-state index contributed by atoms with van der Waals surface area (Å²) in [5, 5.41) is 5.76. The van der Waals surface area contributed by atoms with E-state index in [0.717, 1.165) is 12.1 Å². The first-order valence-electron chi connectivity index (χ1n) is 10.3. The Morgan fingerprint density at radius 1 is 0.794 bits per heavy atom. The summed E-state index contributed by atoms with van der Waals surface area (Å²) in [4.78, 5) is 25.9. The van der Waals surface area contributed by atoms with Gasteiger partial charge < -0.3 is 10.6 Å². The number of carbonyl (C=O) groups excluding carboxylic acids is 2. The Hall–Kier alpha value is -4.03. The van der Waals surface area contributed by atoms with Gasteiger partial charge in [0.25, 0.3) is 5.91 Å². The minimum absolute atomic E-state index is 0.0736. The molecule has 4 rings (SSSR count). The van der Waals surface area contributed by atoms with E-state index in [0.29, 0.717) is 28.1 Å². The summed E-state index contributed by atoms with van der Waals surface area (Å²) in [6, 6.07) is 21.6. The molecular weight excluding hydrogens is 458 g/mol. The topological polar surface area (TPSA) is 58.2 Å². The van der Waals surface area contributed by atoms with Gasteiger partial charge in [0.1, 0.15) is 11.6 Å². The van der Waals surface area contributed by atoms with Crippen molar-refractivity contribution in [1.29, 1.82) is 0 Å². The molecule has 0 radical (unpaired) electrons. The molecule has 0 heterocycles. The van der Waals surface area contributed by atoms with E-state index in [1.54, 1.807) is 37.3 Å². The lowest BCUT2D eigenvalue weighted by Crippen LogP contribution is -2.14. The predicted octanol–water partition coefficient (Wildman–Crippen LogP) is 7.15. The zero-order valence-corrected chi connectivity index (χ0v) is 18.8. The van der Waals surface area contributed by atoms with Crippen molar-refractivity contribution >= 4 is 40.4 Å². The monoisotopic (exact) mass is 476 g/mol. The molecule has 0 aliphatic carbocycles. The van der Waals surface area contributed by atoms with E-state index in [1.165, 1.54) is 24.3 Å². The third-order valence-electron chi connectivity index (χ3n) is 5.20. The molecule has 4 aromatic rings. The standard InChI is InChI=1S/C27H19ClF2N2O2/c1-16-7-8-17(27(34)32-19-5-3-2-4-6-19)13-22(16)26(33)21-11-10-20(15-23(21)28)31-25-12-9-18(29)14-24(25)30/h2-15,31H,1H3,(H,32,34). The van der Waals surface area contributed by atoms with Crippen LogP contribution >= 0.6 is 11.6 Å². The highest BCUT2D eigenvalue weighted by molar-refractivity contribution is 6.35. The fourth-order valence-electron chi connectivity index (χ4n) is 3.40. The van der Waals surface area contributed by atoms with Gasteiger partial charge in [-0.05, 0) is 67.1 Å². The normalized spacial score (nSPS) is 10.6. The number of halogens is 3. The van der Waals surface area contributed by atoms with Crippen molar-refractivity contribution in [3.05, 3.63) is 124 Å².